The second kappa shape index (κ2) is 4.60. The molecule has 3 nitrogen and oxygen atoms in total. The van der Waals surface area contributed by atoms with Crippen LogP contribution in [0, 0.1) is 5.92 Å². The normalized spacial score (nSPS) is 40.3. The van der Waals surface area contributed by atoms with Gasteiger partial charge in [0.1, 0.15) is 0 Å². The van der Waals surface area contributed by atoms with E-state index in [-0.39, 0.29) is 0 Å². The Bertz CT molecular complexity index is 186. The lowest BCUT2D eigenvalue weighted by atomic mass is 9.87. The van der Waals surface area contributed by atoms with Crippen LogP contribution in [0.1, 0.15) is 19.8 Å². The molecule has 82 valence electrons. The zero-order valence-corrected chi connectivity index (χ0v) is 9.33. The Morgan fingerprint density at radius 1 is 1.50 bits per heavy atom. The highest BCUT2D eigenvalue weighted by atomic mass is 16.5. The Morgan fingerprint density at radius 3 is 3.14 bits per heavy atom. The molecule has 0 aromatic rings. The predicted octanol–water partition coefficient (Wildman–Crippen LogP) is 0.705. The summed E-state index contributed by atoms with van der Waals surface area (Å²) in [5, 5.41) is 3.66. The fraction of sp³-hybridized carbons (Fsp3) is 1.00. The highest BCUT2D eigenvalue weighted by Gasteiger charge is 2.35. The minimum absolute atomic E-state index is 0.693. The maximum absolute atomic E-state index is 5.61. The minimum atomic E-state index is 0.693. The van der Waals surface area contributed by atoms with Crippen molar-refractivity contribution in [3.8, 4) is 0 Å². The van der Waals surface area contributed by atoms with Crippen LogP contribution in [0.3, 0.4) is 0 Å². The van der Waals surface area contributed by atoms with Crippen LogP contribution < -0.4 is 5.32 Å². The molecule has 0 aromatic carbocycles. The molecule has 0 aliphatic carbocycles. The Hall–Kier alpha value is -0.120. The van der Waals surface area contributed by atoms with Crippen molar-refractivity contribution in [1.82, 2.24) is 10.2 Å². The first-order valence-corrected chi connectivity index (χ1v) is 5.84. The van der Waals surface area contributed by atoms with Crippen LogP contribution in [0.2, 0.25) is 0 Å². The van der Waals surface area contributed by atoms with E-state index in [1.54, 1.807) is 0 Å². The summed E-state index contributed by atoms with van der Waals surface area (Å²) < 4.78 is 5.61. The van der Waals surface area contributed by atoms with Gasteiger partial charge in [0.25, 0.3) is 0 Å². The maximum Gasteiger partial charge on any atom is 0.0524 e. The molecule has 1 N–H and O–H groups in total. The van der Waals surface area contributed by atoms with Crippen LogP contribution >= 0.6 is 0 Å². The Kier molecular flexibility index (Phi) is 3.42. The summed E-state index contributed by atoms with van der Waals surface area (Å²) in [5.41, 5.74) is 0. The number of hydrogen-bond acceptors (Lipinski definition) is 3. The summed E-state index contributed by atoms with van der Waals surface area (Å²) in [6.07, 6.45) is 2.43. The number of rotatable bonds is 1. The molecule has 0 aromatic heterocycles. The number of fused-ring (bicyclic) bond motifs is 1. The molecule has 2 fully saturated rings. The molecule has 0 radical (unpaired) electrons. The Balaban J connectivity index is 2.09. The summed E-state index contributed by atoms with van der Waals surface area (Å²) in [5.74, 6) is 0.696. The predicted molar refractivity (Wildman–Crippen MR) is 57.4 cm³/mol. The molecular formula is C11H22N2O. The van der Waals surface area contributed by atoms with Gasteiger partial charge in [0.2, 0.25) is 0 Å². The van der Waals surface area contributed by atoms with Gasteiger partial charge in [0, 0.05) is 37.7 Å². The van der Waals surface area contributed by atoms with Crippen molar-refractivity contribution in [1.29, 1.82) is 0 Å². The van der Waals surface area contributed by atoms with Gasteiger partial charge in [-0.2, -0.15) is 0 Å². The summed E-state index contributed by atoms with van der Waals surface area (Å²) in [7, 11) is 2.24. The third kappa shape index (κ3) is 1.95. The highest BCUT2D eigenvalue weighted by molar-refractivity contribution is 4.91. The summed E-state index contributed by atoms with van der Waals surface area (Å²) >= 11 is 0. The van der Waals surface area contributed by atoms with E-state index < -0.39 is 0 Å². The van der Waals surface area contributed by atoms with Gasteiger partial charge in [-0.3, -0.25) is 0 Å². The summed E-state index contributed by atoms with van der Waals surface area (Å²) in [4.78, 5) is 2.49. The second-order valence-electron chi connectivity index (χ2n) is 4.54. The third-order valence-corrected chi connectivity index (χ3v) is 3.75. The van der Waals surface area contributed by atoms with E-state index in [0.29, 0.717) is 18.0 Å². The van der Waals surface area contributed by atoms with Gasteiger partial charge in [0.15, 0.2) is 0 Å². The first kappa shape index (κ1) is 10.4. The molecule has 2 aliphatic heterocycles. The first-order chi connectivity index (χ1) is 6.83. The maximum atomic E-state index is 5.61. The SMILES string of the molecule is CC[C@H]1[C@@H]2COCCC2NCCN1C. The van der Waals surface area contributed by atoms with Crippen molar-refractivity contribution >= 4 is 0 Å². The number of nitrogens with one attached hydrogen (secondary N) is 1. The fourth-order valence-corrected chi connectivity index (χ4v) is 2.93. The van der Waals surface area contributed by atoms with E-state index in [4.69, 9.17) is 4.74 Å². The molecule has 2 heterocycles. The molecule has 2 rings (SSSR count). The monoisotopic (exact) mass is 198 g/mol. The van der Waals surface area contributed by atoms with Crippen molar-refractivity contribution in [3.63, 3.8) is 0 Å². The standard InChI is InChI=1S/C11H22N2O/c1-3-11-9-8-14-7-4-10(9)12-5-6-13(11)2/h9-12H,3-8H2,1-2H3/t9-,10?,11+/m1/s1. The molecule has 3 heteroatoms. The molecule has 0 saturated carbocycles. The van der Waals surface area contributed by atoms with Crippen molar-refractivity contribution in [2.75, 3.05) is 33.4 Å². The highest BCUT2D eigenvalue weighted by Crippen LogP contribution is 2.25. The van der Waals surface area contributed by atoms with E-state index >= 15 is 0 Å². The minimum Gasteiger partial charge on any atom is -0.381 e. The Morgan fingerprint density at radius 2 is 2.36 bits per heavy atom. The van der Waals surface area contributed by atoms with E-state index in [0.717, 1.165) is 19.8 Å². The van der Waals surface area contributed by atoms with Gasteiger partial charge in [-0.05, 0) is 19.9 Å². The van der Waals surface area contributed by atoms with E-state index in [1.165, 1.54) is 19.4 Å². The number of hydrogen-bond donors (Lipinski definition) is 1. The van der Waals surface area contributed by atoms with Crippen LogP contribution in [-0.4, -0.2) is 50.3 Å². The number of likely N-dealkylation sites (N-methyl/N-ethyl adjacent to an activating group) is 1. The van der Waals surface area contributed by atoms with E-state index in [1.807, 2.05) is 0 Å². The molecule has 0 spiro atoms. The van der Waals surface area contributed by atoms with Crippen molar-refractivity contribution < 1.29 is 4.74 Å². The lowest BCUT2D eigenvalue weighted by molar-refractivity contribution is 0.00492. The van der Waals surface area contributed by atoms with Gasteiger partial charge >= 0.3 is 0 Å². The van der Waals surface area contributed by atoms with Gasteiger partial charge in [-0.15, -0.1) is 0 Å². The largest absolute Gasteiger partial charge is 0.381 e. The zero-order chi connectivity index (χ0) is 9.97. The molecule has 2 aliphatic rings. The van der Waals surface area contributed by atoms with E-state index in [2.05, 4.69) is 24.2 Å². The van der Waals surface area contributed by atoms with Crippen LogP contribution in [0.5, 0.6) is 0 Å². The molecular weight excluding hydrogens is 176 g/mol. The first-order valence-electron chi connectivity index (χ1n) is 5.84. The van der Waals surface area contributed by atoms with Gasteiger partial charge in [-0.25, -0.2) is 0 Å². The lowest BCUT2D eigenvalue weighted by Gasteiger charge is -2.37. The quantitative estimate of drug-likeness (QED) is 0.671. The van der Waals surface area contributed by atoms with Crippen LogP contribution in [0.4, 0.5) is 0 Å². The summed E-state index contributed by atoms with van der Waals surface area (Å²) in [6, 6.07) is 1.40. The van der Waals surface area contributed by atoms with Crippen molar-refractivity contribution in [2.45, 2.75) is 31.8 Å². The molecule has 0 bridgehead atoms. The van der Waals surface area contributed by atoms with Gasteiger partial charge in [-0.1, -0.05) is 6.92 Å². The average Bonchev–Trinajstić information content (AvgIpc) is 2.36. The van der Waals surface area contributed by atoms with Crippen molar-refractivity contribution in [2.24, 2.45) is 5.92 Å². The second-order valence-corrected chi connectivity index (χ2v) is 4.54. The molecule has 14 heavy (non-hydrogen) atoms. The molecule has 2 saturated heterocycles. The molecule has 3 atom stereocenters. The summed E-state index contributed by atoms with van der Waals surface area (Å²) in [6.45, 7) is 6.48. The average molecular weight is 198 g/mol. The molecule has 0 amide bonds. The van der Waals surface area contributed by atoms with Crippen LogP contribution in [-0.2, 0) is 4.74 Å². The third-order valence-electron chi connectivity index (χ3n) is 3.75. The topological polar surface area (TPSA) is 24.5 Å². The lowest BCUT2D eigenvalue weighted by Crippen LogP contribution is -2.48. The fourth-order valence-electron chi connectivity index (χ4n) is 2.93. The van der Waals surface area contributed by atoms with Crippen LogP contribution in [0.15, 0.2) is 0 Å². The van der Waals surface area contributed by atoms with Gasteiger partial charge < -0.3 is 15.0 Å². The number of ether oxygens (including phenoxy) is 1. The van der Waals surface area contributed by atoms with Crippen LogP contribution in [0.25, 0.3) is 0 Å². The molecule has 1 unspecified atom stereocenters. The van der Waals surface area contributed by atoms with Gasteiger partial charge in [0.05, 0.1) is 6.61 Å². The Labute approximate surface area is 86.8 Å². The smallest absolute Gasteiger partial charge is 0.0524 e. The number of nitrogens with zero attached hydrogens (tertiary/aromatic N) is 1. The van der Waals surface area contributed by atoms with E-state index in [9.17, 15) is 0 Å². The van der Waals surface area contributed by atoms with Crippen molar-refractivity contribution in [3.05, 3.63) is 0 Å². The zero-order valence-electron chi connectivity index (χ0n) is 9.33.